The summed E-state index contributed by atoms with van der Waals surface area (Å²) < 4.78 is 5.57. The van der Waals surface area contributed by atoms with Crippen LogP contribution in [0, 0.1) is 0 Å². The maximum absolute atomic E-state index is 12.4. The molecule has 1 saturated heterocycles. The molecule has 1 aliphatic rings. The maximum Gasteiger partial charge on any atom is 0.254 e. The van der Waals surface area contributed by atoms with Crippen LogP contribution in [-0.2, 0) is 9.53 Å². The largest absolute Gasteiger partial charge is 0.366 e. The molecular weight excluding hydrogens is 290 g/mol. The fraction of sp³-hybridized carbons (Fsp3) is 0.278. The molecule has 2 aromatic rings. The summed E-state index contributed by atoms with van der Waals surface area (Å²) in [6.07, 6.45) is -0.432. The smallest absolute Gasteiger partial charge is 0.254 e. The SMILES string of the molecule is CN1CCO[C@@H](C(=O)Nc2ccccc2Nc2ccccc2)C1. The number of likely N-dealkylation sites (N-methyl/N-ethyl adjacent to an activating group) is 1. The van der Waals surface area contributed by atoms with Gasteiger partial charge in [0, 0.05) is 18.8 Å². The van der Waals surface area contributed by atoms with Crippen molar-refractivity contribution in [1.82, 2.24) is 4.90 Å². The van der Waals surface area contributed by atoms with Crippen LogP contribution in [0.2, 0.25) is 0 Å². The number of morpholine rings is 1. The summed E-state index contributed by atoms with van der Waals surface area (Å²) in [6.45, 7) is 2.05. The van der Waals surface area contributed by atoms with Crippen molar-refractivity contribution in [2.24, 2.45) is 0 Å². The van der Waals surface area contributed by atoms with Gasteiger partial charge < -0.3 is 20.3 Å². The van der Waals surface area contributed by atoms with E-state index in [2.05, 4.69) is 15.5 Å². The molecule has 0 aliphatic carbocycles. The van der Waals surface area contributed by atoms with E-state index in [-0.39, 0.29) is 5.91 Å². The lowest BCUT2D eigenvalue weighted by atomic mass is 10.2. The Kier molecular flexibility index (Phi) is 4.90. The number of carbonyl (C=O) groups excluding carboxylic acids is 1. The summed E-state index contributed by atoms with van der Waals surface area (Å²) in [5, 5.41) is 6.29. The van der Waals surface area contributed by atoms with Crippen LogP contribution in [0.5, 0.6) is 0 Å². The van der Waals surface area contributed by atoms with E-state index in [0.29, 0.717) is 13.2 Å². The van der Waals surface area contributed by atoms with Gasteiger partial charge in [-0.2, -0.15) is 0 Å². The van der Waals surface area contributed by atoms with Crippen molar-refractivity contribution in [3.63, 3.8) is 0 Å². The standard InChI is InChI=1S/C18H21N3O2/c1-21-11-12-23-17(13-21)18(22)20-16-10-6-5-9-15(16)19-14-7-3-2-4-8-14/h2-10,17,19H,11-13H2,1H3,(H,20,22)/t17-/m1/s1. The number of amides is 1. The molecule has 5 heteroatoms. The zero-order valence-corrected chi connectivity index (χ0v) is 13.2. The molecule has 0 radical (unpaired) electrons. The number of carbonyl (C=O) groups is 1. The van der Waals surface area contributed by atoms with E-state index < -0.39 is 6.10 Å². The minimum atomic E-state index is -0.432. The van der Waals surface area contributed by atoms with Crippen molar-refractivity contribution >= 4 is 23.0 Å². The molecule has 3 rings (SSSR count). The van der Waals surface area contributed by atoms with Crippen LogP contribution in [0.4, 0.5) is 17.1 Å². The number of nitrogens with one attached hydrogen (secondary N) is 2. The lowest BCUT2D eigenvalue weighted by Crippen LogP contribution is -2.46. The van der Waals surface area contributed by atoms with Gasteiger partial charge >= 0.3 is 0 Å². The molecule has 1 fully saturated rings. The topological polar surface area (TPSA) is 53.6 Å². The van der Waals surface area contributed by atoms with E-state index >= 15 is 0 Å². The highest BCUT2D eigenvalue weighted by molar-refractivity contribution is 5.97. The highest BCUT2D eigenvalue weighted by Gasteiger charge is 2.25. The van der Waals surface area contributed by atoms with Crippen molar-refractivity contribution in [1.29, 1.82) is 0 Å². The van der Waals surface area contributed by atoms with Crippen LogP contribution < -0.4 is 10.6 Å². The maximum atomic E-state index is 12.4. The number of nitrogens with zero attached hydrogens (tertiary/aromatic N) is 1. The van der Waals surface area contributed by atoms with Crippen LogP contribution in [0.1, 0.15) is 0 Å². The number of ether oxygens (including phenoxy) is 1. The Bertz CT molecular complexity index is 660. The molecule has 2 N–H and O–H groups in total. The third-order valence-corrected chi connectivity index (χ3v) is 3.80. The Morgan fingerprint density at radius 2 is 1.78 bits per heavy atom. The van der Waals surface area contributed by atoms with Crippen LogP contribution in [-0.4, -0.2) is 43.7 Å². The molecule has 0 bridgehead atoms. The molecule has 2 aromatic carbocycles. The second kappa shape index (κ2) is 7.26. The predicted octanol–water partition coefficient (Wildman–Crippen LogP) is 2.70. The molecule has 0 spiro atoms. The highest BCUT2D eigenvalue weighted by Crippen LogP contribution is 2.25. The minimum absolute atomic E-state index is 0.112. The van der Waals surface area contributed by atoms with Gasteiger partial charge in [0.15, 0.2) is 0 Å². The Balaban J connectivity index is 1.71. The van der Waals surface area contributed by atoms with Gasteiger partial charge in [0.05, 0.1) is 18.0 Å². The van der Waals surface area contributed by atoms with E-state index in [1.54, 1.807) is 0 Å². The molecule has 1 aliphatic heterocycles. The van der Waals surface area contributed by atoms with Gasteiger partial charge in [-0.15, -0.1) is 0 Å². The number of rotatable bonds is 4. The van der Waals surface area contributed by atoms with Gasteiger partial charge in [-0.3, -0.25) is 4.79 Å². The van der Waals surface area contributed by atoms with E-state index in [9.17, 15) is 4.79 Å². The monoisotopic (exact) mass is 311 g/mol. The molecule has 23 heavy (non-hydrogen) atoms. The lowest BCUT2D eigenvalue weighted by molar-refractivity contribution is -0.132. The summed E-state index contributed by atoms with van der Waals surface area (Å²) in [4.78, 5) is 14.5. The first kappa shape index (κ1) is 15.5. The van der Waals surface area contributed by atoms with Gasteiger partial charge in [-0.25, -0.2) is 0 Å². The van der Waals surface area contributed by atoms with E-state index in [4.69, 9.17) is 4.74 Å². The fourth-order valence-electron chi connectivity index (χ4n) is 2.53. The molecule has 1 heterocycles. The Hall–Kier alpha value is -2.37. The summed E-state index contributed by atoms with van der Waals surface area (Å²) >= 11 is 0. The predicted molar refractivity (Wildman–Crippen MR) is 92.0 cm³/mol. The second-order valence-corrected chi connectivity index (χ2v) is 5.65. The first-order chi connectivity index (χ1) is 11.2. The van der Waals surface area contributed by atoms with Crippen LogP contribution in [0.3, 0.4) is 0 Å². The Labute approximate surface area is 136 Å². The first-order valence-electron chi connectivity index (χ1n) is 7.74. The van der Waals surface area contributed by atoms with Gasteiger partial charge in [0.25, 0.3) is 5.91 Å². The number of anilines is 3. The van der Waals surface area contributed by atoms with Gasteiger partial charge in [0.2, 0.25) is 0 Å². The molecule has 0 saturated carbocycles. The third kappa shape index (κ3) is 4.09. The molecule has 5 nitrogen and oxygen atoms in total. The number of hydrogen-bond donors (Lipinski definition) is 2. The average molecular weight is 311 g/mol. The van der Waals surface area contributed by atoms with Crippen LogP contribution in [0.25, 0.3) is 0 Å². The van der Waals surface area contributed by atoms with Crippen LogP contribution in [0.15, 0.2) is 54.6 Å². The van der Waals surface area contributed by atoms with Gasteiger partial charge in [-0.1, -0.05) is 30.3 Å². The molecule has 0 unspecified atom stereocenters. The minimum Gasteiger partial charge on any atom is -0.366 e. The van der Waals surface area contributed by atoms with Gasteiger partial charge in [-0.05, 0) is 31.3 Å². The zero-order valence-electron chi connectivity index (χ0n) is 13.2. The summed E-state index contributed by atoms with van der Waals surface area (Å²) in [5.74, 6) is -0.112. The normalized spacial score (nSPS) is 18.4. The van der Waals surface area contributed by atoms with Crippen molar-refractivity contribution in [2.75, 3.05) is 37.4 Å². The number of benzene rings is 2. The summed E-state index contributed by atoms with van der Waals surface area (Å²) in [6, 6.07) is 17.5. The lowest BCUT2D eigenvalue weighted by Gasteiger charge is -2.29. The molecule has 1 amide bonds. The molecule has 0 aromatic heterocycles. The third-order valence-electron chi connectivity index (χ3n) is 3.80. The van der Waals surface area contributed by atoms with Crippen molar-refractivity contribution in [2.45, 2.75) is 6.10 Å². The van der Waals surface area contributed by atoms with Crippen LogP contribution >= 0.6 is 0 Å². The molecule has 1 atom stereocenters. The Morgan fingerprint density at radius 3 is 2.52 bits per heavy atom. The van der Waals surface area contributed by atoms with E-state index in [1.807, 2.05) is 61.6 Å². The van der Waals surface area contributed by atoms with Crippen molar-refractivity contribution in [3.05, 3.63) is 54.6 Å². The average Bonchev–Trinajstić information content (AvgIpc) is 2.57. The van der Waals surface area contributed by atoms with E-state index in [1.165, 1.54) is 0 Å². The molecule has 120 valence electrons. The molecular formula is C18H21N3O2. The highest BCUT2D eigenvalue weighted by atomic mass is 16.5. The van der Waals surface area contributed by atoms with Crippen molar-refractivity contribution < 1.29 is 9.53 Å². The second-order valence-electron chi connectivity index (χ2n) is 5.65. The quantitative estimate of drug-likeness (QED) is 0.911. The Morgan fingerprint density at radius 1 is 1.09 bits per heavy atom. The zero-order chi connectivity index (χ0) is 16.1. The van der Waals surface area contributed by atoms with Crippen molar-refractivity contribution in [3.8, 4) is 0 Å². The first-order valence-corrected chi connectivity index (χ1v) is 7.74. The number of hydrogen-bond acceptors (Lipinski definition) is 4. The van der Waals surface area contributed by atoms with E-state index in [0.717, 1.165) is 23.6 Å². The summed E-state index contributed by atoms with van der Waals surface area (Å²) in [5.41, 5.74) is 2.58. The summed E-state index contributed by atoms with van der Waals surface area (Å²) in [7, 11) is 1.99. The fourth-order valence-corrected chi connectivity index (χ4v) is 2.53. The van der Waals surface area contributed by atoms with Gasteiger partial charge in [0.1, 0.15) is 6.10 Å². The number of para-hydroxylation sites is 3.